The Morgan fingerprint density at radius 1 is 1.44 bits per heavy atom. The highest BCUT2D eigenvalue weighted by Gasteiger charge is 2.62. The van der Waals surface area contributed by atoms with Crippen LogP contribution < -0.4 is 5.73 Å². The summed E-state index contributed by atoms with van der Waals surface area (Å²) in [5, 5.41) is 10.3. The molecule has 2 atom stereocenters. The van der Waals surface area contributed by atoms with Crippen molar-refractivity contribution in [3.05, 3.63) is 35.4 Å². The largest absolute Gasteiger partial charge is 0.374 e. The average molecular weight is 240 g/mol. The van der Waals surface area contributed by atoms with E-state index in [0.29, 0.717) is 0 Å². The molecule has 0 saturated heterocycles. The monoisotopic (exact) mass is 239 g/mol. The molecule has 0 saturated carbocycles. The summed E-state index contributed by atoms with van der Waals surface area (Å²) in [4.78, 5) is 21.6. The van der Waals surface area contributed by atoms with E-state index in [1.54, 1.807) is 12.1 Å². The van der Waals surface area contributed by atoms with Gasteiger partial charge in [-0.05, 0) is 6.92 Å². The number of aliphatic hydroxyl groups is 1. The molecule has 1 aromatic rings. The normalized spacial score (nSPS) is 32.6. The van der Waals surface area contributed by atoms with Crippen molar-refractivity contribution in [1.29, 1.82) is 0 Å². The van der Waals surface area contributed by atoms with Crippen molar-refractivity contribution >= 4 is 23.3 Å². The maximum atomic E-state index is 11.9. The van der Waals surface area contributed by atoms with E-state index >= 15 is 0 Å². The fourth-order valence-corrected chi connectivity index (χ4v) is 2.33. The lowest BCUT2D eigenvalue weighted by molar-refractivity contribution is -0.138. The van der Waals surface area contributed by atoms with E-state index in [2.05, 4.69) is 0 Å². The molecule has 1 amide bonds. The molecule has 0 spiro atoms. The summed E-state index contributed by atoms with van der Waals surface area (Å²) in [6.45, 7) is 1.29. The fraction of sp³-hybridized carbons (Fsp3) is 0.273. The first-order valence-corrected chi connectivity index (χ1v) is 5.06. The smallest absolute Gasteiger partial charge is 0.256 e. The molecule has 0 fully saturated rings. The molecule has 0 aliphatic heterocycles. The first kappa shape index (κ1) is 11.1. The lowest BCUT2D eigenvalue weighted by Gasteiger charge is -2.30. The van der Waals surface area contributed by atoms with Gasteiger partial charge < -0.3 is 10.8 Å². The summed E-state index contributed by atoms with van der Waals surface area (Å²) in [6.07, 6.45) is 0. The summed E-state index contributed by atoms with van der Waals surface area (Å²) in [6, 6.07) is 6.24. The lowest BCUT2D eigenvalue weighted by Crippen LogP contribution is -2.54. The van der Waals surface area contributed by atoms with Crippen LogP contribution in [-0.4, -0.2) is 21.7 Å². The van der Waals surface area contributed by atoms with Gasteiger partial charge in [-0.3, -0.25) is 9.59 Å². The number of carbonyl (C=O) groups excluding carboxylic acids is 2. The van der Waals surface area contributed by atoms with E-state index < -0.39 is 22.2 Å². The Morgan fingerprint density at radius 3 is 2.56 bits per heavy atom. The van der Waals surface area contributed by atoms with Gasteiger partial charge in [0.15, 0.2) is 11.4 Å². The van der Waals surface area contributed by atoms with Crippen molar-refractivity contribution in [2.75, 3.05) is 0 Å². The van der Waals surface area contributed by atoms with E-state index in [-0.39, 0.29) is 11.1 Å². The molecule has 0 bridgehead atoms. The topological polar surface area (TPSA) is 80.4 Å². The Balaban J connectivity index is 2.80. The molecular formula is C11H10ClNO3. The zero-order valence-corrected chi connectivity index (χ0v) is 9.28. The third-order valence-corrected chi connectivity index (χ3v) is 3.47. The molecule has 1 aromatic carbocycles. The van der Waals surface area contributed by atoms with E-state index in [0.717, 1.165) is 0 Å². The standard InChI is InChI=1S/C11H10ClNO3/c1-10(12)8(14)6-4-2-3-5-7(6)11(10,16)9(13)15/h2-5,16H,1H3,(H2,13,15)/t10-,11+/m1/s1. The van der Waals surface area contributed by atoms with Crippen molar-refractivity contribution in [1.82, 2.24) is 0 Å². The number of rotatable bonds is 1. The molecule has 0 aromatic heterocycles. The minimum atomic E-state index is -2.15. The van der Waals surface area contributed by atoms with Crippen LogP contribution in [0.2, 0.25) is 0 Å². The third-order valence-electron chi connectivity index (χ3n) is 3.02. The van der Waals surface area contributed by atoms with Gasteiger partial charge >= 0.3 is 0 Å². The number of primary amides is 1. The van der Waals surface area contributed by atoms with Crippen LogP contribution in [0.15, 0.2) is 24.3 Å². The van der Waals surface area contributed by atoms with Gasteiger partial charge in [-0.15, -0.1) is 11.6 Å². The highest BCUT2D eigenvalue weighted by Crippen LogP contribution is 2.47. The maximum Gasteiger partial charge on any atom is 0.256 e. The predicted octanol–water partition coefficient (Wildman–Crippen LogP) is 0.553. The number of ketones is 1. The number of amides is 1. The zero-order valence-electron chi connectivity index (χ0n) is 8.53. The third kappa shape index (κ3) is 1.03. The SMILES string of the molecule is C[C@@]1(Cl)C(=O)c2ccccc2[C@]1(O)C(N)=O. The molecule has 1 aliphatic rings. The quantitative estimate of drug-likeness (QED) is 0.703. The molecule has 0 unspecified atom stereocenters. The molecule has 2 rings (SSSR count). The van der Waals surface area contributed by atoms with E-state index in [4.69, 9.17) is 17.3 Å². The number of nitrogens with two attached hydrogens (primary N) is 1. The van der Waals surface area contributed by atoms with Crippen molar-refractivity contribution < 1.29 is 14.7 Å². The van der Waals surface area contributed by atoms with Crippen LogP contribution in [-0.2, 0) is 10.4 Å². The molecule has 3 N–H and O–H groups in total. The molecule has 4 nitrogen and oxygen atoms in total. The van der Waals surface area contributed by atoms with Crippen LogP contribution >= 0.6 is 11.6 Å². The van der Waals surface area contributed by atoms with Gasteiger partial charge in [0.05, 0.1) is 0 Å². The second kappa shape index (κ2) is 3.06. The molecule has 84 valence electrons. The van der Waals surface area contributed by atoms with Gasteiger partial charge in [0.2, 0.25) is 0 Å². The van der Waals surface area contributed by atoms with Gasteiger partial charge in [-0.2, -0.15) is 0 Å². The summed E-state index contributed by atoms with van der Waals surface area (Å²) >= 11 is 5.99. The van der Waals surface area contributed by atoms with Crippen LogP contribution in [0.25, 0.3) is 0 Å². The predicted molar refractivity (Wildman–Crippen MR) is 58.1 cm³/mol. The number of hydrogen-bond donors (Lipinski definition) is 2. The van der Waals surface area contributed by atoms with Crippen LogP contribution in [0.5, 0.6) is 0 Å². The molecule has 1 aliphatic carbocycles. The first-order chi connectivity index (χ1) is 7.33. The molecule has 0 radical (unpaired) electrons. The Morgan fingerprint density at radius 2 is 2.00 bits per heavy atom. The summed E-state index contributed by atoms with van der Waals surface area (Å²) in [5.74, 6) is -1.52. The number of carbonyl (C=O) groups is 2. The number of fused-ring (bicyclic) bond motifs is 1. The summed E-state index contributed by atoms with van der Waals surface area (Å²) < 4.78 is 0. The Bertz CT molecular complexity index is 498. The Kier molecular flexibility index (Phi) is 2.12. The number of Topliss-reactive ketones (excluding diaryl/α,β-unsaturated/α-hetero) is 1. The minimum Gasteiger partial charge on any atom is -0.374 e. The highest BCUT2D eigenvalue weighted by atomic mass is 35.5. The van der Waals surface area contributed by atoms with Crippen LogP contribution in [0, 0.1) is 0 Å². The number of hydrogen-bond acceptors (Lipinski definition) is 3. The van der Waals surface area contributed by atoms with E-state index in [1.807, 2.05) is 0 Å². The molecule has 5 heteroatoms. The Labute approximate surface area is 97.0 Å². The Hall–Kier alpha value is -1.39. The molecular weight excluding hydrogens is 230 g/mol. The van der Waals surface area contributed by atoms with Crippen molar-refractivity contribution in [2.24, 2.45) is 5.73 Å². The number of alkyl halides is 1. The summed E-state index contributed by atoms with van der Waals surface area (Å²) in [7, 11) is 0. The number of halogens is 1. The van der Waals surface area contributed by atoms with E-state index in [9.17, 15) is 14.7 Å². The van der Waals surface area contributed by atoms with Gasteiger partial charge in [-0.1, -0.05) is 24.3 Å². The lowest BCUT2D eigenvalue weighted by atomic mass is 9.87. The van der Waals surface area contributed by atoms with Crippen molar-refractivity contribution in [3.8, 4) is 0 Å². The summed E-state index contributed by atoms with van der Waals surface area (Å²) in [5.41, 5.74) is 3.42. The minimum absolute atomic E-state index is 0.171. The zero-order chi connectivity index (χ0) is 12.1. The fourth-order valence-electron chi connectivity index (χ4n) is 2.03. The van der Waals surface area contributed by atoms with Crippen LogP contribution in [0.3, 0.4) is 0 Å². The van der Waals surface area contributed by atoms with Crippen LogP contribution in [0.4, 0.5) is 0 Å². The average Bonchev–Trinajstić information content (AvgIpc) is 2.40. The van der Waals surface area contributed by atoms with Crippen molar-refractivity contribution in [3.63, 3.8) is 0 Å². The molecule has 0 heterocycles. The second-order valence-electron chi connectivity index (χ2n) is 3.95. The van der Waals surface area contributed by atoms with Crippen LogP contribution in [0.1, 0.15) is 22.8 Å². The van der Waals surface area contributed by atoms with Gasteiger partial charge in [0.1, 0.15) is 4.87 Å². The van der Waals surface area contributed by atoms with Gasteiger partial charge in [0.25, 0.3) is 5.91 Å². The maximum absolute atomic E-state index is 11.9. The van der Waals surface area contributed by atoms with E-state index in [1.165, 1.54) is 19.1 Å². The highest BCUT2D eigenvalue weighted by molar-refractivity contribution is 6.42. The van der Waals surface area contributed by atoms with Gasteiger partial charge in [0, 0.05) is 11.1 Å². The van der Waals surface area contributed by atoms with Crippen molar-refractivity contribution in [2.45, 2.75) is 17.4 Å². The van der Waals surface area contributed by atoms with Gasteiger partial charge in [-0.25, -0.2) is 0 Å². The number of benzene rings is 1. The second-order valence-corrected chi connectivity index (χ2v) is 4.71. The molecule has 16 heavy (non-hydrogen) atoms. The first-order valence-electron chi connectivity index (χ1n) is 4.69.